The number of carbonyl (C=O) groups excluding carboxylic acids is 1. The first-order valence-electron chi connectivity index (χ1n) is 9.20. The Morgan fingerprint density at radius 1 is 1.07 bits per heavy atom. The van der Waals surface area contributed by atoms with Gasteiger partial charge in [-0.15, -0.1) is 13.2 Å². The van der Waals surface area contributed by atoms with Gasteiger partial charge in [0.15, 0.2) is 0 Å². The second kappa shape index (κ2) is 7.72. The van der Waals surface area contributed by atoms with Gasteiger partial charge in [-0.25, -0.2) is 4.79 Å². The number of ether oxygens (including phenoxy) is 2. The van der Waals surface area contributed by atoms with E-state index in [-0.39, 0.29) is 6.54 Å². The molecule has 1 aromatic carbocycles. The van der Waals surface area contributed by atoms with Crippen molar-refractivity contribution in [1.82, 2.24) is 5.32 Å². The zero-order chi connectivity index (χ0) is 22.3. The molecule has 6 nitrogen and oxygen atoms in total. The molecule has 1 saturated heterocycles. The summed E-state index contributed by atoms with van der Waals surface area (Å²) in [4.78, 5) is 11.9. The molecular formula is C19H27BF3NO5. The van der Waals surface area contributed by atoms with E-state index >= 15 is 0 Å². The van der Waals surface area contributed by atoms with Crippen LogP contribution in [0.15, 0.2) is 18.2 Å². The second-order valence-corrected chi connectivity index (χ2v) is 8.90. The van der Waals surface area contributed by atoms with Gasteiger partial charge in [0.1, 0.15) is 11.4 Å². The number of amides is 1. The molecule has 1 aliphatic rings. The molecular weight excluding hydrogens is 390 g/mol. The zero-order valence-electron chi connectivity index (χ0n) is 17.7. The van der Waals surface area contributed by atoms with Crippen LogP contribution in [0.1, 0.15) is 54.0 Å². The lowest BCUT2D eigenvalue weighted by Crippen LogP contribution is -2.41. The van der Waals surface area contributed by atoms with Crippen LogP contribution in [-0.4, -0.2) is 36.4 Å². The van der Waals surface area contributed by atoms with Crippen LogP contribution in [0, 0.1) is 0 Å². The first-order chi connectivity index (χ1) is 13.0. The van der Waals surface area contributed by atoms with Crippen molar-refractivity contribution in [2.75, 3.05) is 0 Å². The molecule has 1 fully saturated rings. The van der Waals surface area contributed by atoms with Crippen molar-refractivity contribution in [1.29, 1.82) is 0 Å². The monoisotopic (exact) mass is 417 g/mol. The Morgan fingerprint density at radius 2 is 1.62 bits per heavy atom. The van der Waals surface area contributed by atoms with Gasteiger partial charge in [0.05, 0.1) is 11.2 Å². The van der Waals surface area contributed by atoms with Gasteiger partial charge < -0.3 is 24.1 Å². The number of nitrogens with one attached hydrogen (secondary N) is 1. The molecule has 1 amide bonds. The number of rotatable bonds is 4. The highest BCUT2D eigenvalue weighted by Crippen LogP contribution is 2.37. The predicted octanol–water partition coefficient (Wildman–Crippen LogP) is 3.91. The predicted molar refractivity (Wildman–Crippen MR) is 102 cm³/mol. The van der Waals surface area contributed by atoms with Crippen molar-refractivity contribution < 1.29 is 36.7 Å². The molecule has 0 unspecified atom stereocenters. The lowest BCUT2D eigenvalue weighted by Gasteiger charge is -2.32. The quantitative estimate of drug-likeness (QED) is 0.753. The van der Waals surface area contributed by atoms with E-state index in [1.165, 1.54) is 12.1 Å². The Bertz CT molecular complexity index is 743. The van der Waals surface area contributed by atoms with Gasteiger partial charge in [0, 0.05) is 6.54 Å². The van der Waals surface area contributed by atoms with Crippen molar-refractivity contribution in [3.63, 3.8) is 0 Å². The molecule has 0 atom stereocenters. The van der Waals surface area contributed by atoms with E-state index in [2.05, 4.69) is 10.1 Å². The zero-order valence-corrected chi connectivity index (χ0v) is 17.7. The number of alkyl halides is 3. The maximum Gasteiger partial charge on any atom is 0.573 e. The first kappa shape index (κ1) is 23.3. The standard InChI is InChI=1S/C19H27BF3NO5/c1-16(2,3)27-15(25)24-11-12-8-13(10-14(9-12)26-19(21,22)23)20-28-17(4,5)18(6,7)29-20/h8-10H,11H2,1-7H3,(H,24,25). The molecule has 2 rings (SSSR count). The lowest BCUT2D eigenvalue weighted by molar-refractivity contribution is -0.274. The van der Waals surface area contributed by atoms with Gasteiger partial charge in [0.2, 0.25) is 0 Å². The first-order valence-corrected chi connectivity index (χ1v) is 9.20. The second-order valence-electron chi connectivity index (χ2n) is 8.90. The number of halogens is 3. The topological polar surface area (TPSA) is 66.0 Å². The summed E-state index contributed by atoms with van der Waals surface area (Å²) >= 11 is 0. The minimum atomic E-state index is -4.86. The Morgan fingerprint density at radius 3 is 2.10 bits per heavy atom. The summed E-state index contributed by atoms with van der Waals surface area (Å²) in [5.41, 5.74) is -1.28. The summed E-state index contributed by atoms with van der Waals surface area (Å²) in [7, 11) is -0.878. The average Bonchev–Trinajstić information content (AvgIpc) is 2.70. The van der Waals surface area contributed by atoms with Crippen molar-refractivity contribution in [2.45, 2.75) is 78.2 Å². The van der Waals surface area contributed by atoms with E-state index in [4.69, 9.17) is 14.0 Å². The Kier molecular flexibility index (Phi) is 6.21. The van der Waals surface area contributed by atoms with E-state index in [0.29, 0.717) is 11.0 Å². The van der Waals surface area contributed by atoms with Crippen LogP contribution >= 0.6 is 0 Å². The van der Waals surface area contributed by atoms with Crippen molar-refractivity contribution in [3.05, 3.63) is 23.8 Å². The van der Waals surface area contributed by atoms with Gasteiger partial charge in [0.25, 0.3) is 0 Å². The van der Waals surface area contributed by atoms with Crippen molar-refractivity contribution >= 4 is 18.7 Å². The van der Waals surface area contributed by atoms with Crippen LogP contribution in [0.3, 0.4) is 0 Å². The molecule has 1 aromatic rings. The molecule has 10 heteroatoms. The minimum Gasteiger partial charge on any atom is -0.444 e. The highest BCUT2D eigenvalue weighted by Gasteiger charge is 2.52. The molecule has 29 heavy (non-hydrogen) atoms. The van der Waals surface area contributed by atoms with E-state index in [1.807, 2.05) is 27.7 Å². The van der Waals surface area contributed by atoms with Crippen LogP contribution in [0.25, 0.3) is 0 Å². The van der Waals surface area contributed by atoms with Crippen molar-refractivity contribution in [2.24, 2.45) is 0 Å². The highest BCUT2D eigenvalue weighted by molar-refractivity contribution is 6.62. The smallest absolute Gasteiger partial charge is 0.444 e. The third kappa shape index (κ3) is 6.53. The van der Waals surface area contributed by atoms with Crippen LogP contribution in [-0.2, 0) is 20.6 Å². The third-order valence-electron chi connectivity index (χ3n) is 4.58. The summed E-state index contributed by atoms with van der Waals surface area (Å²) in [6.07, 6.45) is -5.54. The molecule has 0 bridgehead atoms. The number of benzene rings is 1. The minimum absolute atomic E-state index is 0.0591. The van der Waals surface area contributed by atoms with Crippen LogP contribution in [0.2, 0.25) is 0 Å². The molecule has 162 valence electrons. The molecule has 1 N–H and O–H groups in total. The molecule has 0 radical (unpaired) electrons. The number of carbonyl (C=O) groups is 1. The third-order valence-corrected chi connectivity index (χ3v) is 4.58. The van der Waals surface area contributed by atoms with E-state index < -0.39 is 42.1 Å². The largest absolute Gasteiger partial charge is 0.573 e. The van der Waals surface area contributed by atoms with Gasteiger partial charge in [-0.2, -0.15) is 0 Å². The van der Waals surface area contributed by atoms with Crippen molar-refractivity contribution in [3.8, 4) is 5.75 Å². The maximum absolute atomic E-state index is 12.8. The molecule has 0 aromatic heterocycles. The number of hydrogen-bond acceptors (Lipinski definition) is 5. The fourth-order valence-corrected chi connectivity index (χ4v) is 2.58. The lowest BCUT2D eigenvalue weighted by atomic mass is 9.78. The Balaban J connectivity index is 2.26. The summed E-state index contributed by atoms with van der Waals surface area (Å²) in [5.74, 6) is -0.425. The summed E-state index contributed by atoms with van der Waals surface area (Å²) in [6, 6.07) is 4.01. The normalized spacial score (nSPS) is 18.5. The van der Waals surface area contributed by atoms with E-state index in [1.54, 1.807) is 26.8 Å². The average molecular weight is 417 g/mol. The fourth-order valence-electron chi connectivity index (χ4n) is 2.58. The summed E-state index contributed by atoms with van der Waals surface area (Å²) < 4.78 is 59.3. The fraction of sp³-hybridized carbons (Fsp3) is 0.632. The van der Waals surface area contributed by atoms with Gasteiger partial charge in [-0.05, 0) is 71.6 Å². The maximum atomic E-state index is 12.8. The molecule has 1 aliphatic heterocycles. The SMILES string of the molecule is CC(C)(C)OC(=O)NCc1cc(OC(F)(F)F)cc(B2OC(C)(C)C(C)(C)O2)c1. The van der Waals surface area contributed by atoms with Crippen LogP contribution in [0.5, 0.6) is 5.75 Å². The molecule has 0 spiro atoms. The van der Waals surface area contributed by atoms with Gasteiger partial charge >= 0.3 is 19.6 Å². The van der Waals surface area contributed by atoms with Crippen LogP contribution in [0.4, 0.5) is 18.0 Å². The summed E-state index contributed by atoms with van der Waals surface area (Å²) in [6.45, 7) is 12.4. The highest BCUT2D eigenvalue weighted by atomic mass is 19.4. The van der Waals surface area contributed by atoms with E-state index in [9.17, 15) is 18.0 Å². The molecule has 1 heterocycles. The number of alkyl carbamates (subject to hydrolysis) is 1. The number of hydrogen-bond donors (Lipinski definition) is 1. The summed E-state index contributed by atoms with van der Waals surface area (Å²) in [5, 5.41) is 2.52. The van der Waals surface area contributed by atoms with Gasteiger partial charge in [-0.1, -0.05) is 6.07 Å². The van der Waals surface area contributed by atoms with E-state index in [0.717, 1.165) is 0 Å². The molecule has 0 aliphatic carbocycles. The Labute approximate surface area is 169 Å². The van der Waals surface area contributed by atoms with Crippen LogP contribution < -0.4 is 15.5 Å². The molecule has 0 saturated carbocycles. The Hall–Kier alpha value is -1.94. The van der Waals surface area contributed by atoms with Gasteiger partial charge in [-0.3, -0.25) is 0 Å².